The van der Waals surface area contributed by atoms with Gasteiger partial charge in [0.2, 0.25) is 0 Å². The van der Waals surface area contributed by atoms with Crippen molar-refractivity contribution in [1.82, 2.24) is 9.80 Å². The fourth-order valence-electron chi connectivity index (χ4n) is 2.64. The molecule has 3 N–H and O–H groups in total. The van der Waals surface area contributed by atoms with E-state index in [1.807, 2.05) is 0 Å². The molecule has 0 saturated carbocycles. The Morgan fingerprint density at radius 3 is 2.67 bits per heavy atom. The van der Waals surface area contributed by atoms with Crippen molar-refractivity contribution >= 4 is 17.2 Å². The second-order valence-electron chi connectivity index (χ2n) is 5.37. The van der Waals surface area contributed by atoms with Crippen LogP contribution in [0.5, 0.6) is 0 Å². The van der Waals surface area contributed by atoms with Crippen LogP contribution in [0.4, 0.5) is 4.39 Å². The molecule has 0 bridgehead atoms. The van der Waals surface area contributed by atoms with E-state index in [1.165, 1.54) is 6.07 Å². The molecule has 0 aliphatic carbocycles. The molecule has 0 aromatic heterocycles. The highest BCUT2D eigenvalue weighted by Crippen LogP contribution is 2.15. The average Bonchev–Trinajstić information content (AvgIpc) is 2.67. The van der Waals surface area contributed by atoms with E-state index in [2.05, 4.69) is 9.80 Å². The van der Waals surface area contributed by atoms with Gasteiger partial charge in [-0.25, -0.2) is 4.39 Å². The Bertz CT molecular complexity index is 498. The van der Waals surface area contributed by atoms with Gasteiger partial charge in [-0.1, -0.05) is 12.2 Å². The predicted octanol–water partition coefficient (Wildman–Crippen LogP) is 0.960. The van der Waals surface area contributed by atoms with Crippen molar-refractivity contribution in [1.29, 1.82) is 0 Å². The Morgan fingerprint density at radius 1 is 1.24 bits per heavy atom. The Kier molecular flexibility index (Phi) is 6.05. The first-order valence-corrected chi connectivity index (χ1v) is 7.65. The number of nitrogens with two attached hydrogens (primary N) is 1. The third-order valence-electron chi connectivity index (χ3n) is 3.82. The fourth-order valence-corrected chi connectivity index (χ4v) is 2.76. The van der Waals surface area contributed by atoms with E-state index in [4.69, 9.17) is 23.1 Å². The van der Waals surface area contributed by atoms with Gasteiger partial charge in [0.15, 0.2) is 0 Å². The van der Waals surface area contributed by atoms with Crippen LogP contribution in [0.15, 0.2) is 18.2 Å². The lowest BCUT2D eigenvalue weighted by molar-refractivity contribution is 0.195. The number of hydrogen-bond donors (Lipinski definition) is 2. The van der Waals surface area contributed by atoms with Crippen LogP contribution in [0.1, 0.15) is 17.5 Å². The minimum atomic E-state index is -0.216. The summed E-state index contributed by atoms with van der Waals surface area (Å²) >= 11 is 4.95. The van der Waals surface area contributed by atoms with Crippen LogP contribution in [-0.4, -0.2) is 59.2 Å². The number of nitrogens with zero attached hydrogens (tertiary/aromatic N) is 2. The van der Waals surface area contributed by atoms with E-state index in [1.54, 1.807) is 12.1 Å². The van der Waals surface area contributed by atoms with Gasteiger partial charge in [-0.05, 0) is 37.7 Å². The standard InChI is InChI=1S/C15H22FN3OS/c16-14-3-2-12(15(17)21)10-13(14)11-19-5-1-4-18(6-7-19)8-9-20/h2-3,10,20H,1,4-9,11H2,(H2,17,21). The molecule has 21 heavy (non-hydrogen) atoms. The van der Waals surface area contributed by atoms with Gasteiger partial charge >= 0.3 is 0 Å². The SMILES string of the molecule is NC(=S)c1ccc(F)c(CN2CCCN(CCO)CC2)c1. The summed E-state index contributed by atoms with van der Waals surface area (Å²) in [5, 5.41) is 9.00. The van der Waals surface area contributed by atoms with Gasteiger partial charge in [-0.15, -0.1) is 0 Å². The average molecular weight is 311 g/mol. The first-order valence-electron chi connectivity index (χ1n) is 7.24. The van der Waals surface area contributed by atoms with Gasteiger partial charge in [0.1, 0.15) is 10.8 Å². The van der Waals surface area contributed by atoms with Crippen molar-refractivity contribution in [3.05, 3.63) is 35.1 Å². The number of hydrogen-bond acceptors (Lipinski definition) is 4. The molecule has 1 aromatic rings. The summed E-state index contributed by atoms with van der Waals surface area (Å²) in [6.07, 6.45) is 1.02. The lowest BCUT2D eigenvalue weighted by Crippen LogP contribution is -2.32. The maximum atomic E-state index is 13.9. The largest absolute Gasteiger partial charge is 0.395 e. The van der Waals surface area contributed by atoms with Gasteiger partial charge in [-0.3, -0.25) is 9.80 Å². The summed E-state index contributed by atoms with van der Waals surface area (Å²) in [7, 11) is 0. The number of β-amino-alcohol motifs (C(OH)–C–C–N with tert-alkyl or cyclic N) is 1. The fraction of sp³-hybridized carbons (Fsp3) is 0.533. The third-order valence-corrected chi connectivity index (χ3v) is 4.06. The number of benzene rings is 1. The second kappa shape index (κ2) is 7.79. The van der Waals surface area contributed by atoms with Crippen molar-refractivity contribution in [2.45, 2.75) is 13.0 Å². The third kappa shape index (κ3) is 4.71. The highest BCUT2D eigenvalue weighted by molar-refractivity contribution is 7.80. The second-order valence-corrected chi connectivity index (χ2v) is 5.81. The van der Waals surface area contributed by atoms with E-state index >= 15 is 0 Å². The van der Waals surface area contributed by atoms with E-state index < -0.39 is 0 Å². The Balaban J connectivity index is 2.01. The number of halogens is 1. The topological polar surface area (TPSA) is 52.7 Å². The summed E-state index contributed by atoms with van der Waals surface area (Å²) < 4.78 is 13.9. The lowest BCUT2D eigenvalue weighted by atomic mass is 10.1. The smallest absolute Gasteiger partial charge is 0.127 e. The molecule has 0 spiro atoms. The zero-order valence-corrected chi connectivity index (χ0v) is 12.9. The van der Waals surface area contributed by atoms with Crippen LogP contribution in [0.25, 0.3) is 0 Å². The van der Waals surface area contributed by atoms with E-state index in [0.717, 1.165) is 32.6 Å². The number of aliphatic hydroxyl groups is 1. The van der Waals surface area contributed by atoms with Gasteiger partial charge in [0, 0.05) is 37.3 Å². The maximum Gasteiger partial charge on any atom is 0.127 e. The summed E-state index contributed by atoms with van der Waals surface area (Å²) in [4.78, 5) is 4.77. The molecule has 2 rings (SSSR count). The molecule has 1 aliphatic heterocycles. The first-order chi connectivity index (χ1) is 10.1. The minimum absolute atomic E-state index is 0.185. The maximum absolute atomic E-state index is 13.9. The predicted molar refractivity (Wildman–Crippen MR) is 85.7 cm³/mol. The molecule has 1 saturated heterocycles. The summed E-state index contributed by atoms with van der Waals surface area (Å²) in [5.41, 5.74) is 6.95. The Hall–Kier alpha value is -1.08. The zero-order valence-electron chi connectivity index (χ0n) is 12.1. The summed E-state index contributed by atoms with van der Waals surface area (Å²) in [5.74, 6) is -0.216. The van der Waals surface area contributed by atoms with Gasteiger partial charge in [0.05, 0.1) is 6.61 Å². The van der Waals surface area contributed by atoms with Crippen LogP contribution in [0.3, 0.4) is 0 Å². The van der Waals surface area contributed by atoms with Crippen molar-refractivity contribution < 1.29 is 9.50 Å². The molecule has 0 unspecified atom stereocenters. The number of rotatable bonds is 5. The molecule has 1 heterocycles. The molecule has 6 heteroatoms. The summed E-state index contributed by atoms with van der Waals surface area (Å²) in [6.45, 7) is 5.14. The molecule has 1 fully saturated rings. The normalized spacial score (nSPS) is 17.6. The van der Waals surface area contributed by atoms with Crippen LogP contribution >= 0.6 is 12.2 Å². The molecule has 116 valence electrons. The number of thiocarbonyl (C=S) groups is 1. The monoisotopic (exact) mass is 311 g/mol. The van der Waals surface area contributed by atoms with E-state index in [-0.39, 0.29) is 12.4 Å². The van der Waals surface area contributed by atoms with Crippen LogP contribution < -0.4 is 5.73 Å². The van der Waals surface area contributed by atoms with Gasteiger partial charge < -0.3 is 10.8 Å². The Morgan fingerprint density at radius 2 is 1.95 bits per heavy atom. The van der Waals surface area contributed by atoms with Crippen molar-refractivity contribution in [3.8, 4) is 0 Å². The summed E-state index contributed by atoms with van der Waals surface area (Å²) in [6, 6.07) is 4.79. The molecule has 0 amide bonds. The van der Waals surface area contributed by atoms with Crippen LogP contribution in [0.2, 0.25) is 0 Å². The first kappa shape index (κ1) is 16.3. The highest BCUT2D eigenvalue weighted by atomic mass is 32.1. The van der Waals surface area contributed by atoms with E-state index in [9.17, 15) is 4.39 Å². The molecule has 0 atom stereocenters. The zero-order chi connectivity index (χ0) is 15.2. The van der Waals surface area contributed by atoms with Crippen LogP contribution in [0, 0.1) is 5.82 Å². The molecule has 4 nitrogen and oxygen atoms in total. The van der Waals surface area contributed by atoms with Crippen molar-refractivity contribution in [3.63, 3.8) is 0 Å². The minimum Gasteiger partial charge on any atom is -0.395 e. The lowest BCUT2D eigenvalue weighted by Gasteiger charge is -2.21. The molecule has 1 aromatic carbocycles. The van der Waals surface area contributed by atoms with E-state index in [0.29, 0.717) is 29.2 Å². The van der Waals surface area contributed by atoms with Crippen molar-refractivity contribution in [2.24, 2.45) is 5.73 Å². The van der Waals surface area contributed by atoms with Crippen molar-refractivity contribution in [2.75, 3.05) is 39.3 Å². The van der Waals surface area contributed by atoms with Gasteiger partial charge in [0.25, 0.3) is 0 Å². The quantitative estimate of drug-likeness (QED) is 0.793. The molecular weight excluding hydrogens is 289 g/mol. The number of aliphatic hydroxyl groups excluding tert-OH is 1. The molecule has 1 aliphatic rings. The molecular formula is C15H22FN3OS. The van der Waals surface area contributed by atoms with Crippen LogP contribution in [-0.2, 0) is 6.54 Å². The van der Waals surface area contributed by atoms with Gasteiger partial charge in [-0.2, -0.15) is 0 Å². The Labute approximate surface area is 130 Å². The highest BCUT2D eigenvalue weighted by Gasteiger charge is 2.16. The molecule has 0 radical (unpaired) electrons.